The van der Waals surface area contributed by atoms with Gasteiger partial charge in [0, 0.05) is 13.1 Å². The third-order valence-corrected chi connectivity index (χ3v) is 7.53. The third kappa shape index (κ3) is 3.08. The minimum Gasteiger partial charge on any atom is -0.477 e. The van der Waals surface area contributed by atoms with Crippen molar-refractivity contribution in [2.24, 2.45) is 5.92 Å². The molecule has 2 rings (SSSR count). The van der Waals surface area contributed by atoms with Crippen molar-refractivity contribution in [1.29, 1.82) is 0 Å². The number of halogens is 1. The Morgan fingerprint density at radius 2 is 2.30 bits per heavy atom. The minimum atomic E-state index is -3.60. The maximum absolute atomic E-state index is 12.6. The Kier molecular flexibility index (Phi) is 4.88. The zero-order valence-corrected chi connectivity index (χ0v) is 14.2. The molecule has 5 nitrogen and oxygen atoms in total. The summed E-state index contributed by atoms with van der Waals surface area (Å²) in [4.78, 5) is 11.0. The lowest BCUT2D eigenvalue weighted by Gasteiger charge is -2.16. The van der Waals surface area contributed by atoms with Crippen LogP contribution in [0.5, 0.6) is 0 Å². The Hall–Kier alpha value is -0.440. The highest BCUT2D eigenvalue weighted by Gasteiger charge is 2.34. The van der Waals surface area contributed by atoms with Crippen molar-refractivity contribution >= 4 is 43.3 Å². The molecular formula is C12H16BrNO4S2. The molecule has 0 saturated carbocycles. The van der Waals surface area contributed by atoms with Gasteiger partial charge in [0.05, 0.1) is 3.79 Å². The fraction of sp³-hybridized carbons (Fsp3) is 0.583. The first-order valence-corrected chi connectivity index (χ1v) is 9.44. The number of nitrogens with zero attached hydrogens (tertiary/aromatic N) is 1. The fourth-order valence-electron chi connectivity index (χ4n) is 2.43. The summed E-state index contributed by atoms with van der Waals surface area (Å²) in [5.41, 5.74) is 0. The molecule has 20 heavy (non-hydrogen) atoms. The normalized spacial score (nSPS) is 20.4. The highest BCUT2D eigenvalue weighted by Crippen LogP contribution is 2.35. The summed E-state index contributed by atoms with van der Waals surface area (Å²) in [6.07, 6.45) is 2.95. The predicted molar refractivity (Wildman–Crippen MR) is 80.8 cm³/mol. The van der Waals surface area contributed by atoms with Gasteiger partial charge in [0.15, 0.2) is 0 Å². The van der Waals surface area contributed by atoms with Gasteiger partial charge in [0.2, 0.25) is 10.0 Å². The minimum absolute atomic E-state index is 0.0276. The molecule has 1 aromatic rings. The van der Waals surface area contributed by atoms with Crippen LogP contribution in [0.15, 0.2) is 14.7 Å². The van der Waals surface area contributed by atoms with Gasteiger partial charge < -0.3 is 5.11 Å². The Morgan fingerprint density at radius 1 is 1.60 bits per heavy atom. The van der Waals surface area contributed by atoms with Gasteiger partial charge in [-0.15, -0.1) is 11.3 Å². The van der Waals surface area contributed by atoms with E-state index in [9.17, 15) is 13.2 Å². The quantitative estimate of drug-likeness (QED) is 0.850. The number of sulfonamides is 1. The van der Waals surface area contributed by atoms with E-state index in [4.69, 9.17) is 5.11 Å². The van der Waals surface area contributed by atoms with Crippen LogP contribution in [0, 0.1) is 5.92 Å². The summed E-state index contributed by atoms with van der Waals surface area (Å²) in [6, 6.07) is 1.24. The van der Waals surface area contributed by atoms with E-state index in [1.807, 2.05) is 0 Å². The van der Waals surface area contributed by atoms with Gasteiger partial charge in [-0.1, -0.05) is 13.3 Å². The lowest BCUT2D eigenvalue weighted by atomic mass is 10.0. The van der Waals surface area contributed by atoms with Crippen molar-refractivity contribution in [1.82, 2.24) is 4.31 Å². The highest BCUT2D eigenvalue weighted by molar-refractivity contribution is 9.11. The van der Waals surface area contributed by atoms with Crippen LogP contribution >= 0.6 is 27.3 Å². The first kappa shape index (κ1) is 15.9. The van der Waals surface area contributed by atoms with Gasteiger partial charge in [-0.05, 0) is 40.8 Å². The van der Waals surface area contributed by atoms with E-state index in [0.29, 0.717) is 22.8 Å². The maximum Gasteiger partial charge on any atom is 0.345 e. The molecule has 1 atom stereocenters. The molecule has 8 heteroatoms. The first-order valence-electron chi connectivity index (χ1n) is 6.39. The summed E-state index contributed by atoms with van der Waals surface area (Å²) < 4.78 is 26.9. The van der Waals surface area contributed by atoms with Crippen LogP contribution in [0.1, 0.15) is 35.9 Å². The number of rotatable bonds is 5. The molecule has 0 bridgehead atoms. The van der Waals surface area contributed by atoms with Gasteiger partial charge in [0.1, 0.15) is 9.77 Å². The number of hydrogen-bond acceptors (Lipinski definition) is 4. The lowest BCUT2D eigenvalue weighted by molar-refractivity contribution is 0.0702. The van der Waals surface area contributed by atoms with Crippen LogP contribution in [-0.4, -0.2) is 36.9 Å². The Bertz CT molecular complexity index is 611. The molecule has 1 fully saturated rings. The largest absolute Gasteiger partial charge is 0.477 e. The second kappa shape index (κ2) is 6.13. The van der Waals surface area contributed by atoms with Crippen molar-refractivity contribution in [2.45, 2.75) is 31.1 Å². The molecule has 1 aliphatic heterocycles. The van der Waals surface area contributed by atoms with Gasteiger partial charge >= 0.3 is 5.97 Å². The number of carboxylic acid groups (broad SMARTS) is 1. The Morgan fingerprint density at radius 3 is 2.85 bits per heavy atom. The van der Waals surface area contributed by atoms with Crippen LogP contribution in [0.3, 0.4) is 0 Å². The third-order valence-electron chi connectivity index (χ3n) is 3.43. The number of carboxylic acids is 1. The summed E-state index contributed by atoms with van der Waals surface area (Å²) in [6.45, 7) is 3.13. The fourth-order valence-corrected chi connectivity index (χ4v) is 6.32. The van der Waals surface area contributed by atoms with Crippen molar-refractivity contribution in [3.8, 4) is 0 Å². The topological polar surface area (TPSA) is 74.7 Å². The van der Waals surface area contributed by atoms with E-state index >= 15 is 0 Å². The number of carbonyl (C=O) groups is 1. The molecule has 1 N–H and O–H groups in total. The van der Waals surface area contributed by atoms with E-state index in [1.54, 1.807) is 0 Å². The molecule has 0 amide bonds. The van der Waals surface area contributed by atoms with E-state index in [0.717, 1.165) is 30.6 Å². The molecule has 1 unspecified atom stereocenters. The lowest BCUT2D eigenvalue weighted by Crippen LogP contribution is -2.28. The monoisotopic (exact) mass is 381 g/mol. The summed E-state index contributed by atoms with van der Waals surface area (Å²) in [5, 5.41) is 8.95. The molecule has 1 saturated heterocycles. The molecule has 1 aliphatic rings. The summed E-state index contributed by atoms with van der Waals surface area (Å²) >= 11 is 4.09. The Balaban J connectivity index is 2.25. The number of hydrogen-bond donors (Lipinski definition) is 1. The van der Waals surface area contributed by atoms with Crippen LogP contribution in [0.25, 0.3) is 0 Å². The molecule has 0 aromatic carbocycles. The van der Waals surface area contributed by atoms with Crippen LogP contribution in [-0.2, 0) is 10.0 Å². The van der Waals surface area contributed by atoms with E-state index < -0.39 is 16.0 Å². The Labute approximate surface area is 130 Å². The van der Waals surface area contributed by atoms with E-state index in [-0.39, 0.29) is 9.77 Å². The maximum atomic E-state index is 12.6. The second-order valence-corrected chi connectivity index (χ2v) is 9.14. The van der Waals surface area contributed by atoms with Crippen LogP contribution in [0.4, 0.5) is 0 Å². The molecule has 0 radical (unpaired) electrons. The van der Waals surface area contributed by atoms with Crippen molar-refractivity contribution in [3.63, 3.8) is 0 Å². The zero-order valence-electron chi connectivity index (χ0n) is 11.0. The molecular weight excluding hydrogens is 366 g/mol. The molecule has 0 spiro atoms. The average molecular weight is 382 g/mol. The summed E-state index contributed by atoms with van der Waals surface area (Å²) in [5.74, 6) is -0.700. The smallest absolute Gasteiger partial charge is 0.345 e. The van der Waals surface area contributed by atoms with Crippen molar-refractivity contribution < 1.29 is 18.3 Å². The number of thiophene rings is 1. The standard InChI is InChI=1S/C12H16BrNO4S2/c1-2-3-8-4-5-14(7-8)20(17,18)10-6-9(12(15)16)19-11(10)13/h6,8H,2-5,7H2,1H3,(H,15,16). The first-order chi connectivity index (χ1) is 9.36. The van der Waals surface area contributed by atoms with Crippen molar-refractivity contribution in [2.75, 3.05) is 13.1 Å². The SMILES string of the molecule is CCCC1CCN(S(=O)(=O)c2cc(C(=O)O)sc2Br)C1. The highest BCUT2D eigenvalue weighted by atomic mass is 79.9. The zero-order chi connectivity index (χ0) is 14.9. The number of aromatic carboxylic acids is 1. The summed E-state index contributed by atoms with van der Waals surface area (Å²) in [7, 11) is -3.60. The van der Waals surface area contributed by atoms with Gasteiger partial charge in [0.25, 0.3) is 0 Å². The van der Waals surface area contributed by atoms with Gasteiger partial charge in [-0.2, -0.15) is 4.31 Å². The second-order valence-electron chi connectivity index (χ2n) is 4.86. The van der Waals surface area contributed by atoms with Gasteiger partial charge in [-0.3, -0.25) is 0 Å². The van der Waals surface area contributed by atoms with E-state index in [1.165, 1.54) is 10.4 Å². The van der Waals surface area contributed by atoms with Gasteiger partial charge in [-0.25, -0.2) is 13.2 Å². The molecule has 112 valence electrons. The molecule has 0 aliphatic carbocycles. The van der Waals surface area contributed by atoms with Crippen LogP contribution in [0.2, 0.25) is 0 Å². The van der Waals surface area contributed by atoms with Crippen molar-refractivity contribution in [3.05, 3.63) is 14.7 Å². The van der Waals surface area contributed by atoms with E-state index in [2.05, 4.69) is 22.9 Å². The molecule has 1 aromatic heterocycles. The molecule has 2 heterocycles. The van der Waals surface area contributed by atoms with Crippen LogP contribution < -0.4 is 0 Å². The average Bonchev–Trinajstić information content (AvgIpc) is 2.96. The predicted octanol–water partition coefficient (Wildman–Crippen LogP) is 3.02.